The van der Waals surface area contributed by atoms with Crippen LogP contribution in [0.15, 0.2) is 36.7 Å². The lowest BCUT2D eigenvalue weighted by Crippen LogP contribution is -2.00. The molecule has 0 radical (unpaired) electrons. The van der Waals surface area contributed by atoms with E-state index in [9.17, 15) is 5.11 Å². The number of aryl methyl sites for hydroxylation is 1. The summed E-state index contributed by atoms with van der Waals surface area (Å²) >= 11 is 0. The highest BCUT2D eigenvalue weighted by molar-refractivity contribution is 5.24. The smallest absolute Gasteiger partial charge is 0.120 e. The standard InChI is InChI=1S/C11H12N2O/c1-8-4-5-10(13-8)11(14)9-3-2-6-12-7-9/h2-7,11,13-14H,1H3. The predicted molar refractivity (Wildman–Crippen MR) is 53.8 cm³/mol. The van der Waals surface area contributed by atoms with Gasteiger partial charge in [0.1, 0.15) is 6.10 Å². The number of nitrogens with zero attached hydrogens (tertiary/aromatic N) is 1. The Hall–Kier alpha value is -1.61. The van der Waals surface area contributed by atoms with Gasteiger partial charge in [-0.2, -0.15) is 0 Å². The SMILES string of the molecule is Cc1ccc(C(O)c2cccnc2)[nH]1. The number of hydrogen-bond acceptors (Lipinski definition) is 2. The summed E-state index contributed by atoms with van der Waals surface area (Å²) in [6.07, 6.45) is 2.74. The molecule has 0 aliphatic heterocycles. The normalized spacial score (nSPS) is 12.7. The third-order valence-corrected chi connectivity index (χ3v) is 2.15. The van der Waals surface area contributed by atoms with Gasteiger partial charge in [-0.15, -0.1) is 0 Å². The molecule has 2 rings (SSSR count). The molecular formula is C11H12N2O. The molecule has 14 heavy (non-hydrogen) atoms. The summed E-state index contributed by atoms with van der Waals surface area (Å²) in [7, 11) is 0. The second-order valence-electron chi connectivity index (χ2n) is 3.29. The molecule has 0 saturated carbocycles. The maximum atomic E-state index is 9.93. The number of aliphatic hydroxyl groups is 1. The molecular weight excluding hydrogens is 176 g/mol. The first-order valence-electron chi connectivity index (χ1n) is 4.51. The van der Waals surface area contributed by atoms with Crippen molar-refractivity contribution < 1.29 is 5.11 Å². The van der Waals surface area contributed by atoms with Crippen LogP contribution in [0.5, 0.6) is 0 Å². The lowest BCUT2D eigenvalue weighted by Gasteiger charge is -2.07. The Morgan fingerprint density at radius 3 is 2.79 bits per heavy atom. The van der Waals surface area contributed by atoms with Crippen molar-refractivity contribution in [2.45, 2.75) is 13.0 Å². The van der Waals surface area contributed by atoms with Crippen molar-refractivity contribution in [2.24, 2.45) is 0 Å². The first kappa shape index (κ1) is 8.97. The van der Waals surface area contributed by atoms with Gasteiger partial charge in [-0.05, 0) is 25.1 Å². The molecule has 0 saturated heterocycles. The molecule has 2 heterocycles. The first-order chi connectivity index (χ1) is 6.77. The van der Waals surface area contributed by atoms with E-state index in [4.69, 9.17) is 0 Å². The molecule has 2 aromatic heterocycles. The van der Waals surface area contributed by atoms with Crippen LogP contribution >= 0.6 is 0 Å². The highest BCUT2D eigenvalue weighted by Crippen LogP contribution is 2.19. The Bertz CT molecular complexity index is 408. The van der Waals surface area contributed by atoms with E-state index in [0.717, 1.165) is 17.0 Å². The van der Waals surface area contributed by atoms with Crippen molar-refractivity contribution in [3.8, 4) is 0 Å². The first-order valence-corrected chi connectivity index (χ1v) is 4.51. The third kappa shape index (κ3) is 1.67. The number of hydrogen-bond donors (Lipinski definition) is 2. The summed E-state index contributed by atoms with van der Waals surface area (Å²) in [4.78, 5) is 7.06. The topological polar surface area (TPSA) is 48.9 Å². The lowest BCUT2D eigenvalue weighted by molar-refractivity contribution is 0.215. The zero-order valence-electron chi connectivity index (χ0n) is 7.94. The van der Waals surface area contributed by atoms with Crippen molar-refractivity contribution in [3.05, 3.63) is 53.6 Å². The molecule has 0 bridgehead atoms. The summed E-state index contributed by atoms with van der Waals surface area (Å²) < 4.78 is 0. The minimum atomic E-state index is -0.614. The van der Waals surface area contributed by atoms with Gasteiger partial charge in [-0.1, -0.05) is 6.07 Å². The second kappa shape index (κ2) is 3.64. The molecule has 0 spiro atoms. The summed E-state index contributed by atoms with van der Waals surface area (Å²) in [6.45, 7) is 1.96. The number of pyridine rings is 1. The number of aromatic amines is 1. The van der Waals surface area contributed by atoms with Crippen LogP contribution in [-0.2, 0) is 0 Å². The van der Waals surface area contributed by atoms with Crippen molar-refractivity contribution >= 4 is 0 Å². The van der Waals surface area contributed by atoms with Gasteiger partial charge in [0.2, 0.25) is 0 Å². The van der Waals surface area contributed by atoms with Gasteiger partial charge >= 0.3 is 0 Å². The van der Waals surface area contributed by atoms with Gasteiger partial charge in [-0.3, -0.25) is 4.98 Å². The van der Waals surface area contributed by atoms with E-state index in [2.05, 4.69) is 9.97 Å². The Morgan fingerprint density at radius 2 is 2.21 bits per heavy atom. The number of H-pyrrole nitrogens is 1. The number of aromatic nitrogens is 2. The Morgan fingerprint density at radius 1 is 1.36 bits per heavy atom. The van der Waals surface area contributed by atoms with E-state index in [-0.39, 0.29) is 0 Å². The Labute approximate surface area is 82.4 Å². The molecule has 3 nitrogen and oxygen atoms in total. The van der Waals surface area contributed by atoms with E-state index in [1.807, 2.05) is 31.2 Å². The minimum absolute atomic E-state index is 0.614. The molecule has 1 unspecified atom stereocenters. The van der Waals surface area contributed by atoms with Crippen LogP contribution < -0.4 is 0 Å². The van der Waals surface area contributed by atoms with Gasteiger partial charge < -0.3 is 10.1 Å². The summed E-state index contributed by atoms with van der Waals surface area (Å²) in [5, 5.41) is 9.93. The number of aliphatic hydroxyl groups excluding tert-OH is 1. The highest BCUT2D eigenvalue weighted by atomic mass is 16.3. The number of rotatable bonds is 2. The zero-order valence-corrected chi connectivity index (χ0v) is 7.94. The Balaban J connectivity index is 2.29. The van der Waals surface area contributed by atoms with Crippen molar-refractivity contribution in [2.75, 3.05) is 0 Å². The molecule has 0 amide bonds. The largest absolute Gasteiger partial charge is 0.382 e. The zero-order chi connectivity index (χ0) is 9.97. The maximum Gasteiger partial charge on any atom is 0.120 e. The van der Waals surface area contributed by atoms with Crippen LogP contribution in [0.1, 0.15) is 23.1 Å². The molecule has 0 fully saturated rings. The quantitative estimate of drug-likeness (QED) is 0.755. The molecule has 0 aliphatic carbocycles. The van der Waals surface area contributed by atoms with E-state index in [0.29, 0.717) is 0 Å². The number of nitrogens with one attached hydrogen (secondary N) is 1. The van der Waals surface area contributed by atoms with Crippen molar-refractivity contribution in [3.63, 3.8) is 0 Å². The monoisotopic (exact) mass is 188 g/mol. The average molecular weight is 188 g/mol. The van der Waals surface area contributed by atoms with E-state index in [1.165, 1.54) is 0 Å². The molecule has 2 N–H and O–H groups in total. The summed E-state index contributed by atoms with van der Waals surface area (Å²) in [5.74, 6) is 0. The van der Waals surface area contributed by atoms with Crippen molar-refractivity contribution in [1.29, 1.82) is 0 Å². The fraction of sp³-hybridized carbons (Fsp3) is 0.182. The van der Waals surface area contributed by atoms with E-state index in [1.54, 1.807) is 12.4 Å². The van der Waals surface area contributed by atoms with Gasteiger partial charge in [0, 0.05) is 29.3 Å². The summed E-state index contributed by atoms with van der Waals surface area (Å²) in [6, 6.07) is 7.49. The van der Waals surface area contributed by atoms with Crippen molar-refractivity contribution in [1.82, 2.24) is 9.97 Å². The molecule has 0 aliphatic rings. The van der Waals surface area contributed by atoms with Crippen LogP contribution in [0, 0.1) is 6.92 Å². The van der Waals surface area contributed by atoms with Crippen LogP contribution in [0.2, 0.25) is 0 Å². The summed E-state index contributed by atoms with van der Waals surface area (Å²) in [5.41, 5.74) is 2.65. The van der Waals surface area contributed by atoms with Gasteiger partial charge in [0.25, 0.3) is 0 Å². The molecule has 72 valence electrons. The molecule has 2 aromatic rings. The third-order valence-electron chi connectivity index (χ3n) is 2.15. The van der Waals surface area contributed by atoms with Crippen LogP contribution in [-0.4, -0.2) is 15.1 Å². The van der Waals surface area contributed by atoms with Crippen LogP contribution in [0.3, 0.4) is 0 Å². The van der Waals surface area contributed by atoms with Crippen LogP contribution in [0.4, 0.5) is 0 Å². The van der Waals surface area contributed by atoms with Gasteiger partial charge in [0.05, 0.1) is 0 Å². The van der Waals surface area contributed by atoms with E-state index < -0.39 is 6.10 Å². The highest BCUT2D eigenvalue weighted by Gasteiger charge is 2.10. The fourth-order valence-corrected chi connectivity index (χ4v) is 1.40. The fourth-order valence-electron chi connectivity index (χ4n) is 1.40. The maximum absolute atomic E-state index is 9.93. The van der Waals surface area contributed by atoms with Crippen LogP contribution in [0.25, 0.3) is 0 Å². The Kier molecular flexibility index (Phi) is 2.33. The second-order valence-corrected chi connectivity index (χ2v) is 3.29. The lowest BCUT2D eigenvalue weighted by atomic mass is 10.1. The average Bonchev–Trinajstić information content (AvgIpc) is 2.65. The van der Waals surface area contributed by atoms with Gasteiger partial charge in [0.15, 0.2) is 0 Å². The molecule has 3 heteroatoms. The van der Waals surface area contributed by atoms with E-state index >= 15 is 0 Å². The minimum Gasteiger partial charge on any atom is -0.382 e. The molecule has 0 aromatic carbocycles. The predicted octanol–water partition coefficient (Wildman–Crippen LogP) is 1.80. The molecule has 1 atom stereocenters. The van der Waals surface area contributed by atoms with Gasteiger partial charge in [-0.25, -0.2) is 0 Å².